The summed E-state index contributed by atoms with van der Waals surface area (Å²) in [6.45, 7) is 8.88. The van der Waals surface area contributed by atoms with Gasteiger partial charge in [-0.2, -0.15) is 5.26 Å². The number of allylic oxidation sites excluding steroid dienone is 1. The van der Waals surface area contributed by atoms with Crippen LogP contribution in [0.1, 0.15) is 54.9 Å². The molecule has 1 atom stereocenters. The Bertz CT molecular complexity index is 959. The van der Waals surface area contributed by atoms with Gasteiger partial charge >= 0.3 is 0 Å². The van der Waals surface area contributed by atoms with Gasteiger partial charge in [-0.25, -0.2) is 0 Å². The second kappa shape index (κ2) is 7.93. The van der Waals surface area contributed by atoms with Crippen molar-refractivity contribution >= 4 is 12.0 Å². The Kier molecular flexibility index (Phi) is 5.60. The zero-order valence-corrected chi connectivity index (χ0v) is 17.2. The molecular weight excluding hydrogens is 350 g/mol. The third-order valence-electron chi connectivity index (χ3n) is 5.19. The Balaban J connectivity index is 2.10. The molecule has 1 aliphatic carbocycles. The molecule has 0 spiro atoms. The number of methoxy groups -OCH3 is 1. The molecule has 1 heterocycles. The zero-order valence-electron chi connectivity index (χ0n) is 17.2. The van der Waals surface area contributed by atoms with E-state index in [1.807, 2.05) is 44.2 Å². The highest BCUT2D eigenvalue weighted by atomic mass is 16.5. The lowest BCUT2D eigenvalue weighted by Crippen LogP contribution is -2.29. The van der Waals surface area contributed by atoms with Gasteiger partial charge in [0.05, 0.1) is 24.1 Å². The fraction of sp³-hybridized carbons (Fsp3) is 0.391. The van der Waals surface area contributed by atoms with E-state index in [9.17, 15) is 10.1 Å². The topological polar surface area (TPSA) is 67.0 Å². The van der Waals surface area contributed by atoms with E-state index in [4.69, 9.17) is 4.74 Å². The summed E-state index contributed by atoms with van der Waals surface area (Å²) in [7, 11) is 1.68. The highest BCUT2D eigenvalue weighted by Gasteiger charge is 2.28. The SMILES string of the molecule is CCn1c2c(c(C#N)c1-c1ccc(C(=O)NC(C)C)cc1)C=C(OC)C(C)C2. The summed E-state index contributed by atoms with van der Waals surface area (Å²) in [5, 5.41) is 12.8. The van der Waals surface area contributed by atoms with E-state index in [1.165, 1.54) is 5.69 Å². The predicted molar refractivity (Wildman–Crippen MR) is 111 cm³/mol. The molecule has 1 aromatic heterocycles. The van der Waals surface area contributed by atoms with Crippen LogP contribution in [-0.2, 0) is 17.7 Å². The molecule has 0 saturated heterocycles. The van der Waals surface area contributed by atoms with Crippen LogP contribution in [0.2, 0.25) is 0 Å². The van der Waals surface area contributed by atoms with Crippen molar-refractivity contribution in [2.24, 2.45) is 5.92 Å². The van der Waals surface area contributed by atoms with Gasteiger partial charge in [0.1, 0.15) is 6.07 Å². The summed E-state index contributed by atoms with van der Waals surface area (Å²) in [4.78, 5) is 12.2. The molecule has 1 aromatic carbocycles. The number of hydrogen-bond donors (Lipinski definition) is 1. The largest absolute Gasteiger partial charge is 0.501 e. The van der Waals surface area contributed by atoms with Gasteiger partial charge in [0, 0.05) is 35.3 Å². The molecular formula is C23H27N3O2. The van der Waals surface area contributed by atoms with E-state index < -0.39 is 0 Å². The molecule has 3 rings (SSSR count). The lowest BCUT2D eigenvalue weighted by molar-refractivity contribution is 0.0943. The average molecular weight is 377 g/mol. The number of carbonyl (C=O) groups is 1. The third kappa shape index (κ3) is 3.43. The van der Waals surface area contributed by atoms with Crippen LogP contribution in [0.25, 0.3) is 17.3 Å². The molecule has 1 unspecified atom stereocenters. The van der Waals surface area contributed by atoms with Crippen LogP contribution in [-0.4, -0.2) is 23.6 Å². The average Bonchev–Trinajstić information content (AvgIpc) is 2.98. The van der Waals surface area contributed by atoms with Crippen LogP contribution < -0.4 is 5.32 Å². The molecule has 0 radical (unpaired) electrons. The number of rotatable bonds is 5. The molecule has 0 aliphatic heterocycles. The van der Waals surface area contributed by atoms with E-state index in [0.29, 0.717) is 11.1 Å². The van der Waals surface area contributed by atoms with Crippen molar-refractivity contribution in [3.05, 3.63) is 52.4 Å². The Morgan fingerprint density at radius 2 is 2.04 bits per heavy atom. The molecule has 1 aliphatic rings. The lowest BCUT2D eigenvalue weighted by atomic mass is 9.92. The summed E-state index contributed by atoms with van der Waals surface area (Å²) in [6.07, 6.45) is 2.84. The maximum absolute atomic E-state index is 12.2. The molecule has 0 saturated carbocycles. The van der Waals surface area contributed by atoms with Crippen LogP contribution in [0.3, 0.4) is 0 Å². The van der Waals surface area contributed by atoms with Crippen LogP contribution in [0.15, 0.2) is 30.0 Å². The van der Waals surface area contributed by atoms with Crippen molar-refractivity contribution in [1.29, 1.82) is 5.26 Å². The first-order valence-electron chi connectivity index (χ1n) is 9.73. The Labute approximate surface area is 166 Å². The van der Waals surface area contributed by atoms with Crippen molar-refractivity contribution in [3.8, 4) is 17.3 Å². The first-order chi connectivity index (χ1) is 13.4. The predicted octanol–water partition coefficient (Wildman–Crippen LogP) is 4.36. The van der Waals surface area contributed by atoms with E-state index in [2.05, 4.69) is 29.8 Å². The molecule has 146 valence electrons. The van der Waals surface area contributed by atoms with Gasteiger partial charge in [-0.15, -0.1) is 0 Å². The number of nitrogens with zero attached hydrogens (tertiary/aromatic N) is 2. The Hall–Kier alpha value is -3.00. The smallest absolute Gasteiger partial charge is 0.251 e. The van der Waals surface area contributed by atoms with Gasteiger partial charge in [0.15, 0.2) is 0 Å². The minimum atomic E-state index is -0.0891. The number of fused-ring (bicyclic) bond motifs is 1. The van der Waals surface area contributed by atoms with Crippen LogP contribution in [0.4, 0.5) is 0 Å². The van der Waals surface area contributed by atoms with Gasteiger partial charge in [0.2, 0.25) is 0 Å². The fourth-order valence-corrected chi connectivity index (χ4v) is 3.89. The number of aromatic nitrogens is 1. The number of hydrogen-bond acceptors (Lipinski definition) is 3. The maximum Gasteiger partial charge on any atom is 0.251 e. The van der Waals surface area contributed by atoms with E-state index >= 15 is 0 Å². The van der Waals surface area contributed by atoms with Crippen LogP contribution >= 0.6 is 0 Å². The minimum Gasteiger partial charge on any atom is -0.501 e. The highest BCUT2D eigenvalue weighted by molar-refractivity contribution is 5.95. The summed E-state index contributed by atoms with van der Waals surface area (Å²) >= 11 is 0. The van der Waals surface area contributed by atoms with Crippen molar-refractivity contribution in [2.75, 3.05) is 7.11 Å². The van der Waals surface area contributed by atoms with Gasteiger partial charge in [0.25, 0.3) is 5.91 Å². The number of nitriles is 1. The van der Waals surface area contributed by atoms with Gasteiger partial charge in [-0.3, -0.25) is 4.79 Å². The van der Waals surface area contributed by atoms with Gasteiger partial charge in [-0.1, -0.05) is 19.1 Å². The van der Waals surface area contributed by atoms with E-state index in [-0.39, 0.29) is 17.9 Å². The first-order valence-corrected chi connectivity index (χ1v) is 9.73. The van der Waals surface area contributed by atoms with E-state index in [0.717, 1.165) is 35.5 Å². The molecule has 1 N–H and O–H groups in total. The lowest BCUT2D eigenvalue weighted by Gasteiger charge is -2.21. The molecule has 5 nitrogen and oxygen atoms in total. The van der Waals surface area contributed by atoms with Crippen molar-refractivity contribution in [2.45, 2.75) is 46.7 Å². The van der Waals surface area contributed by atoms with Crippen LogP contribution in [0.5, 0.6) is 0 Å². The first kappa shape index (κ1) is 19.8. The normalized spacial score (nSPS) is 15.6. The highest BCUT2D eigenvalue weighted by Crippen LogP contribution is 2.38. The molecule has 5 heteroatoms. The summed E-state index contributed by atoms with van der Waals surface area (Å²) in [6, 6.07) is 9.97. The zero-order chi connectivity index (χ0) is 20.4. The van der Waals surface area contributed by atoms with Crippen LogP contribution in [0, 0.1) is 17.2 Å². The molecule has 0 bridgehead atoms. The number of nitrogens with one attached hydrogen (secondary N) is 1. The fourth-order valence-electron chi connectivity index (χ4n) is 3.89. The summed E-state index contributed by atoms with van der Waals surface area (Å²) < 4.78 is 7.74. The standard InChI is InChI=1S/C23H27N3O2/c1-6-26-20-11-15(4)21(28-5)12-18(20)19(13-24)22(26)16-7-9-17(10-8-16)23(27)25-14(2)3/h7-10,12,14-15H,6,11H2,1-5H3,(H,25,27). The van der Waals surface area contributed by atoms with Gasteiger partial charge < -0.3 is 14.6 Å². The quantitative estimate of drug-likeness (QED) is 0.842. The Morgan fingerprint density at radius 3 is 2.57 bits per heavy atom. The number of benzene rings is 1. The molecule has 0 fully saturated rings. The maximum atomic E-state index is 12.2. The third-order valence-corrected chi connectivity index (χ3v) is 5.19. The monoisotopic (exact) mass is 377 g/mol. The summed E-state index contributed by atoms with van der Waals surface area (Å²) in [5.41, 5.74) is 5.25. The minimum absolute atomic E-state index is 0.0881. The Morgan fingerprint density at radius 1 is 1.36 bits per heavy atom. The van der Waals surface area contributed by atoms with Crippen molar-refractivity contribution < 1.29 is 9.53 Å². The van der Waals surface area contributed by atoms with Crippen molar-refractivity contribution in [3.63, 3.8) is 0 Å². The molecule has 1 amide bonds. The second-order valence-electron chi connectivity index (χ2n) is 7.50. The van der Waals surface area contributed by atoms with Crippen molar-refractivity contribution in [1.82, 2.24) is 9.88 Å². The number of carbonyl (C=O) groups excluding carboxylic acids is 1. The van der Waals surface area contributed by atoms with Gasteiger partial charge in [-0.05, 0) is 51.0 Å². The number of amides is 1. The van der Waals surface area contributed by atoms with E-state index in [1.54, 1.807) is 7.11 Å². The molecule has 2 aromatic rings. The second-order valence-corrected chi connectivity index (χ2v) is 7.50. The molecule has 28 heavy (non-hydrogen) atoms. The summed E-state index contributed by atoms with van der Waals surface area (Å²) in [5.74, 6) is 1.09. The number of ether oxygens (including phenoxy) is 1.